The van der Waals surface area contributed by atoms with E-state index in [9.17, 15) is 9.90 Å². The molecule has 1 fully saturated rings. The van der Waals surface area contributed by atoms with E-state index in [1.807, 2.05) is 55.5 Å². The first-order chi connectivity index (χ1) is 15.7. The van der Waals surface area contributed by atoms with Crippen LogP contribution in [-0.4, -0.2) is 71.8 Å². The molecule has 0 bridgehead atoms. The summed E-state index contributed by atoms with van der Waals surface area (Å²) < 4.78 is 18.5. The van der Waals surface area contributed by atoms with Gasteiger partial charge < -0.3 is 19.3 Å². The number of benzene rings is 2. The summed E-state index contributed by atoms with van der Waals surface area (Å²) in [5.41, 5.74) is 2.75. The molecular formula is C24H27N3O5. The molecule has 0 unspecified atom stereocenters. The van der Waals surface area contributed by atoms with Crippen LogP contribution >= 0.6 is 0 Å². The quantitative estimate of drug-likeness (QED) is 0.549. The van der Waals surface area contributed by atoms with Crippen LogP contribution in [0, 0.1) is 0 Å². The van der Waals surface area contributed by atoms with Gasteiger partial charge in [-0.2, -0.15) is 5.10 Å². The van der Waals surface area contributed by atoms with Gasteiger partial charge >= 0.3 is 5.97 Å². The maximum Gasteiger partial charge on any atom is 0.342 e. The number of hydrogen-bond donors (Lipinski definition) is 1. The zero-order chi connectivity index (χ0) is 22.3. The third kappa shape index (κ3) is 4.92. The zero-order valence-corrected chi connectivity index (χ0v) is 18.1. The van der Waals surface area contributed by atoms with E-state index < -0.39 is 5.97 Å². The molecule has 0 radical (unpaired) electrons. The third-order valence-corrected chi connectivity index (χ3v) is 5.32. The Kier molecular flexibility index (Phi) is 7.03. The van der Waals surface area contributed by atoms with Crippen molar-refractivity contribution in [3.8, 4) is 28.4 Å². The standard InChI is InChI=1S/C24H27N3O5/c1-2-31-22-6-4-3-5-20(22)18-7-9-19(10-8-18)27-23(21(17-25-27)24(28)29)32-16-13-26-11-14-30-15-12-26/h3-10,17H,2,11-16H2,1H3,(H,28,29). The lowest BCUT2D eigenvalue weighted by Crippen LogP contribution is -2.38. The van der Waals surface area contributed by atoms with Crippen LogP contribution in [-0.2, 0) is 4.74 Å². The number of nitrogens with zero attached hydrogens (tertiary/aromatic N) is 3. The lowest BCUT2D eigenvalue weighted by Gasteiger charge is -2.26. The van der Waals surface area contributed by atoms with Crippen LogP contribution in [0.1, 0.15) is 17.3 Å². The Morgan fingerprint density at radius 2 is 1.84 bits per heavy atom. The number of aromatic carboxylic acids is 1. The molecule has 2 aromatic carbocycles. The van der Waals surface area contributed by atoms with Crippen LogP contribution in [0.2, 0.25) is 0 Å². The van der Waals surface area contributed by atoms with Gasteiger partial charge in [-0.3, -0.25) is 4.90 Å². The first-order valence-electron chi connectivity index (χ1n) is 10.7. The Morgan fingerprint density at radius 1 is 1.09 bits per heavy atom. The highest BCUT2D eigenvalue weighted by Crippen LogP contribution is 2.31. The Hall–Kier alpha value is -3.36. The van der Waals surface area contributed by atoms with Crippen molar-refractivity contribution < 1.29 is 24.1 Å². The van der Waals surface area contributed by atoms with Crippen LogP contribution < -0.4 is 9.47 Å². The van der Waals surface area contributed by atoms with E-state index in [1.54, 1.807) is 0 Å². The van der Waals surface area contributed by atoms with Gasteiger partial charge in [-0.1, -0.05) is 30.3 Å². The topological polar surface area (TPSA) is 86.1 Å². The molecular weight excluding hydrogens is 410 g/mol. The highest BCUT2D eigenvalue weighted by Gasteiger charge is 2.20. The predicted octanol–water partition coefficient (Wildman–Crippen LogP) is 3.35. The SMILES string of the molecule is CCOc1ccccc1-c1ccc(-n2ncc(C(=O)O)c2OCCN2CCOCC2)cc1. The number of rotatable bonds is 9. The lowest BCUT2D eigenvalue weighted by atomic mass is 10.0. The second-order valence-electron chi connectivity index (χ2n) is 7.36. The summed E-state index contributed by atoms with van der Waals surface area (Å²) in [6.45, 7) is 6.71. The van der Waals surface area contributed by atoms with E-state index >= 15 is 0 Å². The second-order valence-corrected chi connectivity index (χ2v) is 7.36. The van der Waals surface area contributed by atoms with Gasteiger partial charge in [0, 0.05) is 25.2 Å². The molecule has 1 aliphatic rings. The smallest absolute Gasteiger partial charge is 0.342 e. The molecule has 8 nitrogen and oxygen atoms in total. The van der Waals surface area contributed by atoms with Gasteiger partial charge in [0.25, 0.3) is 0 Å². The number of ether oxygens (including phenoxy) is 3. The van der Waals surface area contributed by atoms with Crippen molar-refractivity contribution >= 4 is 5.97 Å². The summed E-state index contributed by atoms with van der Waals surface area (Å²) in [4.78, 5) is 13.9. The van der Waals surface area contributed by atoms with E-state index in [4.69, 9.17) is 14.2 Å². The van der Waals surface area contributed by atoms with Crippen molar-refractivity contribution in [2.24, 2.45) is 0 Å². The second kappa shape index (κ2) is 10.3. The average Bonchev–Trinajstić information content (AvgIpc) is 3.25. The molecule has 1 aliphatic heterocycles. The first kappa shape index (κ1) is 21.9. The summed E-state index contributed by atoms with van der Waals surface area (Å²) in [7, 11) is 0. The fraction of sp³-hybridized carbons (Fsp3) is 0.333. The number of carboxylic acid groups (broad SMARTS) is 1. The van der Waals surface area contributed by atoms with Crippen molar-refractivity contribution in [3.63, 3.8) is 0 Å². The largest absolute Gasteiger partial charge is 0.493 e. The highest BCUT2D eigenvalue weighted by atomic mass is 16.5. The summed E-state index contributed by atoms with van der Waals surface area (Å²) in [6, 6.07) is 15.6. The number of para-hydroxylation sites is 1. The molecule has 2 heterocycles. The van der Waals surface area contributed by atoms with Gasteiger partial charge in [0.05, 0.1) is 31.7 Å². The van der Waals surface area contributed by atoms with E-state index in [2.05, 4.69) is 10.00 Å². The molecule has 1 N–H and O–H groups in total. The molecule has 32 heavy (non-hydrogen) atoms. The normalized spacial score (nSPS) is 14.3. The molecule has 4 rings (SSSR count). The van der Waals surface area contributed by atoms with Crippen LogP contribution in [0.5, 0.6) is 11.6 Å². The van der Waals surface area contributed by atoms with Gasteiger partial charge in [0.2, 0.25) is 5.88 Å². The zero-order valence-electron chi connectivity index (χ0n) is 18.1. The molecule has 0 spiro atoms. The van der Waals surface area contributed by atoms with Crippen LogP contribution in [0.15, 0.2) is 54.7 Å². The van der Waals surface area contributed by atoms with Crippen molar-refractivity contribution in [3.05, 3.63) is 60.3 Å². The fourth-order valence-corrected chi connectivity index (χ4v) is 3.67. The van der Waals surface area contributed by atoms with Gasteiger partial charge in [-0.05, 0) is 30.7 Å². The molecule has 0 saturated carbocycles. The Bertz CT molecular complexity index is 1040. The molecule has 8 heteroatoms. The Labute approximate surface area is 186 Å². The van der Waals surface area contributed by atoms with Gasteiger partial charge in [0.1, 0.15) is 17.9 Å². The summed E-state index contributed by atoms with van der Waals surface area (Å²) in [5, 5.41) is 13.8. The van der Waals surface area contributed by atoms with E-state index in [0.29, 0.717) is 33.0 Å². The minimum atomic E-state index is -1.07. The maximum atomic E-state index is 11.7. The summed E-state index contributed by atoms with van der Waals surface area (Å²) in [6.07, 6.45) is 1.32. The summed E-state index contributed by atoms with van der Waals surface area (Å²) in [5.74, 6) is -0.0183. The maximum absolute atomic E-state index is 11.7. The highest BCUT2D eigenvalue weighted by molar-refractivity contribution is 5.90. The fourth-order valence-electron chi connectivity index (χ4n) is 3.67. The molecule has 168 valence electrons. The van der Waals surface area contributed by atoms with E-state index in [-0.39, 0.29) is 11.4 Å². The molecule has 1 aromatic heterocycles. The number of carboxylic acids is 1. The van der Waals surface area contributed by atoms with Crippen LogP contribution in [0.3, 0.4) is 0 Å². The number of morpholine rings is 1. The van der Waals surface area contributed by atoms with Gasteiger partial charge in [-0.15, -0.1) is 0 Å². The van der Waals surface area contributed by atoms with E-state index in [0.717, 1.165) is 35.7 Å². The molecule has 3 aromatic rings. The average molecular weight is 437 g/mol. The number of carbonyl (C=O) groups is 1. The minimum Gasteiger partial charge on any atom is -0.493 e. The first-order valence-corrected chi connectivity index (χ1v) is 10.7. The van der Waals surface area contributed by atoms with Crippen molar-refractivity contribution in [1.29, 1.82) is 0 Å². The van der Waals surface area contributed by atoms with E-state index in [1.165, 1.54) is 10.9 Å². The number of aromatic nitrogens is 2. The molecule has 0 atom stereocenters. The predicted molar refractivity (Wildman–Crippen MR) is 120 cm³/mol. The van der Waals surface area contributed by atoms with Crippen LogP contribution in [0.4, 0.5) is 0 Å². The van der Waals surface area contributed by atoms with Crippen molar-refractivity contribution in [2.45, 2.75) is 6.92 Å². The Balaban J connectivity index is 1.54. The molecule has 0 amide bonds. The molecule has 1 saturated heterocycles. The monoisotopic (exact) mass is 437 g/mol. The molecule has 0 aliphatic carbocycles. The van der Waals surface area contributed by atoms with Gasteiger partial charge in [0.15, 0.2) is 0 Å². The number of hydrogen-bond acceptors (Lipinski definition) is 6. The lowest BCUT2D eigenvalue weighted by molar-refractivity contribution is 0.0317. The minimum absolute atomic E-state index is 0.0396. The van der Waals surface area contributed by atoms with Gasteiger partial charge in [-0.25, -0.2) is 9.48 Å². The van der Waals surface area contributed by atoms with Crippen molar-refractivity contribution in [1.82, 2.24) is 14.7 Å². The summed E-state index contributed by atoms with van der Waals surface area (Å²) >= 11 is 0. The Morgan fingerprint density at radius 3 is 2.56 bits per heavy atom. The van der Waals surface area contributed by atoms with Crippen molar-refractivity contribution in [2.75, 3.05) is 46.1 Å². The third-order valence-electron chi connectivity index (χ3n) is 5.32. The van der Waals surface area contributed by atoms with Crippen LogP contribution in [0.25, 0.3) is 16.8 Å².